The molecule has 0 heterocycles. The van der Waals surface area contributed by atoms with Crippen LogP contribution in [-0.2, 0) is 0 Å². The van der Waals surface area contributed by atoms with E-state index < -0.39 is 0 Å². The second-order valence-electron chi connectivity index (χ2n) is 6.55. The van der Waals surface area contributed by atoms with Crippen molar-refractivity contribution in [2.24, 2.45) is 16.7 Å². The van der Waals surface area contributed by atoms with E-state index in [2.05, 4.69) is 33.0 Å². The molecule has 0 spiro atoms. The summed E-state index contributed by atoms with van der Waals surface area (Å²) in [5, 5.41) is 3.29. The fourth-order valence-corrected chi connectivity index (χ4v) is 3.51. The van der Waals surface area contributed by atoms with E-state index in [1.54, 1.807) is 6.07 Å². The van der Waals surface area contributed by atoms with Crippen molar-refractivity contribution in [3.05, 3.63) is 29.6 Å². The number of hydrogen-bond donors (Lipinski definition) is 1. The van der Waals surface area contributed by atoms with Crippen molar-refractivity contribution < 1.29 is 9.13 Å². The Morgan fingerprint density at radius 1 is 1.21 bits per heavy atom. The van der Waals surface area contributed by atoms with Gasteiger partial charge in [-0.3, -0.25) is 0 Å². The molecule has 0 radical (unpaired) electrons. The molecule has 3 heteroatoms. The molecule has 1 fully saturated rings. The van der Waals surface area contributed by atoms with Gasteiger partial charge in [-0.15, -0.1) is 0 Å². The molecule has 1 atom stereocenters. The smallest absolute Gasteiger partial charge is 0.169 e. The monoisotopic (exact) mass is 265 g/mol. The molecule has 1 unspecified atom stereocenters. The lowest BCUT2D eigenvalue weighted by atomic mass is 9.96. The number of ether oxygens (including phenoxy) is 1. The lowest BCUT2D eigenvalue weighted by Gasteiger charge is -2.20. The molecule has 0 amide bonds. The van der Waals surface area contributed by atoms with Crippen LogP contribution in [0.2, 0.25) is 0 Å². The molecule has 1 aliphatic rings. The fourth-order valence-electron chi connectivity index (χ4n) is 3.51. The van der Waals surface area contributed by atoms with Crippen LogP contribution in [0.1, 0.15) is 39.3 Å². The van der Waals surface area contributed by atoms with Gasteiger partial charge in [-0.2, -0.15) is 0 Å². The van der Waals surface area contributed by atoms with Crippen molar-refractivity contribution in [3.8, 4) is 5.75 Å². The van der Waals surface area contributed by atoms with Gasteiger partial charge in [-0.25, -0.2) is 4.39 Å². The third-order valence-electron chi connectivity index (χ3n) is 5.32. The lowest BCUT2D eigenvalue weighted by Crippen LogP contribution is -2.22. The first-order valence-corrected chi connectivity index (χ1v) is 6.78. The minimum Gasteiger partial charge on any atom is -0.494 e. The molecule has 19 heavy (non-hydrogen) atoms. The first-order valence-electron chi connectivity index (χ1n) is 6.78. The van der Waals surface area contributed by atoms with Crippen LogP contribution in [0.5, 0.6) is 5.75 Å². The molecule has 0 aliphatic heterocycles. The van der Waals surface area contributed by atoms with Gasteiger partial charge in [0.2, 0.25) is 0 Å². The highest BCUT2D eigenvalue weighted by atomic mass is 19.1. The van der Waals surface area contributed by atoms with Gasteiger partial charge in [-0.1, -0.05) is 39.8 Å². The van der Waals surface area contributed by atoms with E-state index in [1.165, 1.54) is 7.11 Å². The fraction of sp³-hybridized carbons (Fsp3) is 0.625. The molecule has 1 N–H and O–H groups in total. The maximum absolute atomic E-state index is 14.4. The van der Waals surface area contributed by atoms with E-state index in [0.29, 0.717) is 17.2 Å². The summed E-state index contributed by atoms with van der Waals surface area (Å²) in [4.78, 5) is 0. The highest BCUT2D eigenvalue weighted by molar-refractivity contribution is 5.36. The number of rotatable bonds is 4. The van der Waals surface area contributed by atoms with E-state index in [0.717, 1.165) is 0 Å². The third-order valence-corrected chi connectivity index (χ3v) is 5.32. The molecular weight excluding hydrogens is 241 g/mol. The molecule has 1 aromatic rings. The van der Waals surface area contributed by atoms with Crippen LogP contribution >= 0.6 is 0 Å². The molecular formula is C16H24FNO. The van der Waals surface area contributed by atoms with Crippen LogP contribution in [0.3, 0.4) is 0 Å². The van der Waals surface area contributed by atoms with Crippen molar-refractivity contribution in [1.29, 1.82) is 0 Å². The first-order chi connectivity index (χ1) is 8.79. The average molecular weight is 265 g/mol. The Morgan fingerprint density at radius 3 is 2.21 bits per heavy atom. The van der Waals surface area contributed by atoms with E-state index in [9.17, 15) is 4.39 Å². The Kier molecular flexibility index (Phi) is 3.38. The SMILES string of the molecule is CNC(c1cccc(OC)c1F)C1C(C)(C)C1(C)C. The zero-order valence-electron chi connectivity index (χ0n) is 12.7. The summed E-state index contributed by atoms with van der Waals surface area (Å²) < 4.78 is 19.5. The van der Waals surface area contributed by atoms with Crippen molar-refractivity contribution in [2.45, 2.75) is 33.7 Å². The van der Waals surface area contributed by atoms with Crippen LogP contribution < -0.4 is 10.1 Å². The Balaban J connectivity index is 2.40. The Labute approximate surface area is 115 Å². The molecule has 1 saturated carbocycles. The largest absolute Gasteiger partial charge is 0.494 e. The van der Waals surface area contributed by atoms with Crippen molar-refractivity contribution in [1.82, 2.24) is 5.32 Å². The Bertz CT molecular complexity index is 468. The quantitative estimate of drug-likeness (QED) is 0.894. The standard InChI is InChI=1S/C16H24FNO/c1-15(2)14(16(15,3)4)13(18-5)10-8-7-9-11(19-6)12(10)17/h7-9,13-14,18H,1-6H3. The van der Waals surface area contributed by atoms with E-state index >= 15 is 0 Å². The van der Waals surface area contributed by atoms with Gasteiger partial charge in [0.15, 0.2) is 11.6 Å². The first kappa shape index (κ1) is 14.3. The zero-order chi connectivity index (χ0) is 14.4. The lowest BCUT2D eigenvalue weighted by molar-refractivity contribution is 0.370. The van der Waals surface area contributed by atoms with Crippen molar-refractivity contribution in [3.63, 3.8) is 0 Å². The minimum absolute atomic E-state index is 0.0140. The van der Waals surface area contributed by atoms with Crippen LogP contribution in [0.25, 0.3) is 0 Å². The Hall–Kier alpha value is -1.09. The molecule has 2 nitrogen and oxygen atoms in total. The molecule has 2 rings (SSSR count). The van der Waals surface area contributed by atoms with Gasteiger partial charge < -0.3 is 10.1 Å². The van der Waals surface area contributed by atoms with Gasteiger partial charge in [0, 0.05) is 11.6 Å². The molecule has 106 valence electrons. The van der Waals surface area contributed by atoms with Gasteiger partial charge in [0.05, 0.1) is 7.11 Å². The van der Waals surface area contributed by atoms with Gasteiger partial charge in [0.25, 0.3) is 0 Å². The number of methoxy groups -OCH3 is 1. The number of nitrogens with one attached hydrogen (secondary N) is 1. The molecule has 1 aromatic carbocycles. The maximum Gasteiger partial charge on any atom is 0.169 e. The molecule has 0 aromatic heterocycles. The maximum atomic E-state index is 14.4. The summed E-state index contributed by atoms with van der Waals surface area (Å²) >= 11 is 0. The summed E-state index contributed by atoms with van der Waals surface area (Å²) in [5.74, 6) is 0.475. The summed E-state index contributed by atoms with van der Waals surface area (Å²) in [6.45, 7) is 9.00. The highest BCUT2D eigenvalue weighted by Crippen LogP contribution is 2.72. The predicted molar refractivity (Wildman–Crippen MR) is 75.8 cm³/mol. The second kappa shape index (κ2) is 4.48. The summed E-state index contributed by atoms with van der Waals surface area (Å²) in [6.07, 6.45) is 0. The van der Waals surface area contributed by atoms with Gasteiger partial charge in [-0.05, 0) is 29.9 Å². The molecule has 0 saturated heterocycles. The van der Waals surface area contributed by atoms with Crippen molar-refractivity contribution >= 4 is 0 Å². The van der Waals surface area contributed by atoms with E-state index in [1.807, 2.05) is 19.2 Å². The van der Waals surface area contributed by atoms with E-state index in [-0.39, 0.29) is 22.7 Å². The summed E-state index contributed by atoms with van der Waals surface area (Å²) in [6, 6.07) is 5.38. The summed E-state index contributed by atoms with van der Waals surface area (Å²) in [7, 11) is 3.40. The minimum atomic E-state index is -0.247. The number of halogens is 1. The molecule has 0 bridgehead atoms. The second-order valence-corrected chi connectivity index (χ2v) is 6.55. The topological polar surface area (TPSA) is 21.3 Å². The number of hydrogen-bond acceptors (Lipinski definition) is 2. The third kappa shape index (κ3) is 1.95. The van der Waals surface area contributed by atoms with Crippen LogP contribution in [0.15, 0.2) is 18.2 Å². The van der Waals surface area contributed by atoms with Crippen LogP contribution in [-0.4, -0.2) is 14.2 Å². The van der Waals surface area contributed by atoms with Crippen molar-refractivity contribution in [2.75, 3.05) is 14.2 Å². The van der Waals surface area contributed by atoms with Gasteiger partial charge >= 0.3 is 0 Å². The van der Waals surface area contributed by atoms with Gasteiger partial charge in [0.1, 0.15) is 0 Å². The summed E-state index contributed by atoms with van der Waals surface area (Å²) in [5.41, 5.74) is 1.11. The predicted octanol–water partition coefficient (Wildman–Crippen LogP) is 3.78. The normalized spacial score (nSPS) is 22.1. The highest BCUT2D eigenvalue weighted by Gasteiger charge is 2.67. The van der Waals surface area contributed by atoms with E-state index in [4.69, 9.17) is 4.74 Å². The number of benzene rings is 1. The average Bonchev–Trinajstić information content (AvgIpc) is 2.75. The van der Waals surface area contributed by atoms with Crippen LogP contribution in [0, 0.1) is 22.6 Å². The molecule has 1 aliphatic carbocycles. The Morgan fingerprint density at radius 2 is 1.79 bits per heavy atom. The zero-order valence-corrected chi connectivity index (χ0v) is 12.7. The van der Waals surface area contributed by atoms with Crippen LogP contribution in [0.4, 0.5) is 4.39 Å².